The van der Waals surface area contributed by atoms with E-state index in [2.05, 4.69) is 31.2 Å². The van der Waals surface area contributed by atoms with Crippen molar-refractivity contribution in [3.05, 3.63) is 46.6 Å². The summed E-state index contributed by atoms with van der Waals surface area (Å²) in [6.45, 7) is 4.06. The molecule has 1 aromatic heterocycles. The Morgan fingerprint density at radius 2 is 2.04 bits per heavy atom. The predicted molar refractivity (Wildman–Crippen MR) is 111 cm³/mol. The second-order valence-electron chi connectivity index (χ2n) is 6.09. The molecule has 0 fully saturated rings. The number of aromatic nitrogens is 1. The number of fused-ring (bicyclic) bond motifs is 1. The number of esters is 1. The molecule has 0 radical (unpaired) electrons. The second-order valence-corrected chi connectivity index (χ2v) is 7.00. The fourth-order valence-electron chi connectivity index (χ4n) is 3.03. The van der Waals surface area contributed by atoms with Gasteiger partial charge in [0.2, 0.25) is 0 Å². The number of pyridine rings is 1. The number of aliphatic imine (C=N–C) groups is 1. The molecule has 3 rings (SSSR count). The maximum absolute atomic E-state index is 12.6. The summed E-state index contributed by atoms with van der Waals surface area (Å²) in [7, 11) is 1.62. The van der Waals surface area contributed by atoms with Crippen LogP contribution >= 0.6 is 28.3 Å². The molecule has 1 aliphatic rings. The van der Waals surface area contributed by atoms with E-state index in [1.807, 2.05) is 37.3 Å². The molecular formula is C19H21BrClN3O3. The molecule has 0 aliphatic carbocycles. The van der Waals surface area contributed by atoms with Crippen molar-refractivity contribution in [2.45, 2.75) is 19.4 Å². The summed E-state index contributed by atoms with van der Waals surface area (Å²) in [6, 6.07) is 9.47. The summed E-state index contributed by atoms with van der Waals surface area (Å²) in [5.74, 6) is 0.425. The van der Waals surface area contributed by atoms with Crippen LogP contribution in [0, 0.1) is 5.92 Å². The number of methoxy groups -OCH3 is 1. The minimum atomic E-state index is -0.769. The molecule has 27 heavy (non-hydrogen) atoms. The fraction of sp³-hybridized carbons (Fsp3) is 0.316. The number of carbonyl (C=O) groups is 1. The fourth-order valence-corrected chi connectivity index (χ4v) is 3.36. The average molecular weight is 455 g/mol. The summed E-state index contributed by atoms with van der Waals surface area (Å²) < 4.78 is 11.3. The van der Waals surface area contributed by atoms with Crippen molar-refractivity contribution < 1.29 is 14.3 Å². The number of anilines is 1. The Morgan fingerprint density at radius 1 is 1.33 bits per heavy atom. The topological polar surface area (TPSA) is 72.8 Å². The maximum Gasteiger partial charge on any atom is 0.317 e. The molecule has 0 amide bonds. The summed E-state index contributed by atoms with van der Waals surface area (Å²) >= 11 is 3.46. The lowest BCUT2D eigenvalue weighted by Crippen LogP contribution is -2.47. The largest absolute Gasteiger partial charge is 0.497 e. The van der Waals surface area contributed by atoms with Crippen molar-refractivity contribution >= 4 is 52.0 Å². The number of benzene rings is 1. The molecule has 2 atom stereocenters. The normalized spacial score (nSPS) is 20.2. The van der Waals surface area contributed by atoms with Crippen LogP contribution in [0.1, 0.15) is 19.4 Å². The number of ether oxygens (including phenoxy) is 2. The Kier molecular flexibility index (Phi) is 6.84. The second kappa shape index (κ2) is 8.71. The number of nitrogens with one attached hydrogen (secondary N) is 1. The number of carbonyl (C=O) groups excluding carboxylic acids is 1. The van der Waals surface area contributed by atoms with Crippen LogP contribution in [0.25, 0.3) is 0 Å². The molecule has 0 spiro atoms. The molecule has 2 aromatic rings. The highest BCUT2D eigenvalue weighted by atomic mass is 79.9. The van der Waals surface area contributed by atoms with Crippen molar-refractivity contribution in [2.75, 3.05) is 19.0 Å². The van der Waals surface area contributed by atoms with Crippen molar-refractivity contribution in [1.29, 1.82) is 0 Å². The Labute approximate surface area is 172 Å². The van der Waals surface area contributed by atoms with Crippen molar-refractivity contribution in [3.63, 3.8) is 0 Å². The van der Waals surface area contributed by atoms with Gasteiger partial charge in [0.05, 0.1) is 19.3 Å². The van der Waals surface area contributed by atoms with Crippen LogP contribution in [0.2, 0.25) is 0 Å². The van der Waals surface area contributed by atoms with Crippen molar-refractivity contribution in [2.24, 2.45) is 10.9 Å². The third-order valence-electron chi connectivity index (χ3n) is 4.40. The lowest BCUT2D eigenvalue weighted by Gasteiger charge is -2.39. The van der Waals surface area contributed by atoms with E-state index >= 15 is 0 Å². The molecule has 0 saturated heterocycles. The van der Waals surface area contributed by atoms with Crippen LogP contribution in [0.3, 0.4) is 0 Å². The molecule has 1 N–H and O–H groups in total. The van der Waals surface area contributed by atoms with Gasteiger partial charge in [-0.25, -0.2) is 9.98 Å². The lowest BCUT2D eigenvalue weighted by molar-refractivity contribution is -0.147. The Bertz CT molecular complexity index is 845. The van der Waals surface area contributed by atoms with E-state index < -0.39 is 11.5 Å². The minimum absolute atomic E-state index is 0. The molecular weight excluding hydrogens is 434 g/mol. The molecule has 2 unspecified atom stereocenters. The first-order valence-corrected chi connectivity index (χ1v) is 9.06. The van der Waals surface area contributed by atoms with Gasteiger partial charge in [-0.2, -0.15) is 0 Å². The zero-order chi connectivity index (χ0) is 18.7. The van der Waals surface area contributed by atoms with E-state index in [0.717, 1.165) is 21.5 Å². The standard InChI is InChI=1S/C19H20BrN3O3.ClH/c1-4-26-18(24)16-11-22-17-15(9-12(20)10-21-17)19(16,2)23-13-5-7-14(25-3)8-6-13;/h5-11,16,23H,4H2,1-3H3;1H. The first-order valence-electron chi connectivity index (χ1n) is 8.27. The quantitative estimate of drug-likeness (QED) is 0.674. The first kappa shape index (κ1) is 21.2. The van der Waals surface area contributed by atoms with Gasteiger partial charge < -0.3 is 14.8 Å². The van der Waals surface area contributed by atoms with Crippen LogP contribution in [-0.4, -0.2) is 30.9 Å². The molecule has 0 saturated carbocycles. The highest BCUT2D eigenvalue weighted by Crippen LogP contribution is 2.42. The Hall–Kier alpha value is -2.12. The van der Waals surface area contributed by atoms with Crippen LogP contribution in [0.5, 0.6) is 5.75 Å². The zero-order valence-corrected chi connectivity index (χ0v) is 17.6. The summed E-state index contributed by atoms with van der Waals surface area (Å²) in [6.07, 6.45) is 3.30. The molecule has 2 heterocycles. The maximum atomic E-state index is 12.6. The highest BCUT2D eigenvalue weighted by Gasteiger charge is 2.45. The summed E-state index contributed by atoms with van der Waals surface area (Å²) in [5, 5.41) is 3.47. The van der Waals surface area contributed by atoms with Gasteiger partial charge >= 0.3 is 5.97 Å². The molecule has 1 aromatic carbocycles. The van der Waals surface area contributed by atoms with Crippen LogP contribution in [0.15, 0.2) is 46.0 Å². The number of hydrogen-bond donors (Lipinski definition) is 1. The van der Waals surface area contributed by atoms with Gasteiger partial charge in [0.1, 0.15) is 11.7 Å². The van der Waals surface area contributed by atoms with Crippen LogP contribution < -0.4 is 10.1 Å². The first-order chi connectivity index (χ1) is 12.5. The van der Waals surface area contributed by atoms with Gasteiger partial charge in [-0.3, -0.25) is 4.79 Å². The third kappa shape index (κ3) is 4.25. The van der Waals surface area contributed by atoms with E-state index in [1.165, 1.54) is 0 Å². The number of hydrogen-bond acceptors (Lipinski definition) is 6. The number of halogens is 2. The van der Waals surface area contributed by atoms with Crippen LogP contribution in [-0.2, 0) is 15.1 Å². The van der Waals surface area contributed by atoms with E-state index in [4.69, 9.17) is 9.47 Å². The summed E-state index contributed by atoms with van der Waals surface area (Å²) in [4.78, 5) is 21.3. The highest BCUT2D eigenvalue weighted by molar-refractivity contribution is 9.10. The molecule has 0 bridgehead atoms. The van der Waals surface area contributed by atoms with Crippen LogP contribution in [0.4, 0.5) is 11.5 Å². The molecule has 6 nitrogen and oxygen atoms in total. The Balaban J connectivity index is 0.00000261. The van der Waals surface area contributed by atoms with Crippen molar-refractivity contribution in [3.8, 4) is 5.75 Å². The predicted octanol–water partition coefficient (Wildman–Crippen LogP) is 4.50. The van der Waals surface area contributed by atoms with Crippen molar-refractivity contribution in [1.82, 2.24) is 4.98 Å². The number of rotatable bonds is 5. The lowest BCUT2D eigenvalue weighted by atomic mass is 9.78. The minimum Gasteiger partial charge on any atom is -0.497 e. The van der Waals surface area contributed by atoms with Gasteiger partial charge in [-0.1, -0.05) is 0 Å². The Morgan fingerprint density at radius 3 is 2.67 bits per heavy atom. The van der Waals surface area contributed by atoms with Gasteiger partial charge in [0.15, 0.2) is 5.82 Å². The molecule has 144 valence electrons. The molecule has 1 aliphatic heterocycles. The SMILES string of the molecule is CCOC(=O)C1C=Nc2ncc(Br)cc2C1(C)Nc1ccc(OC)cc1.Cl. The van der Waals surface area contributed by atoms with Gasteiger partial charge in [-0.15, -0.1) is 12.4 Å². The van der Waals surface area contributed by atoms with E-state index in [1.54, 1.807) is 26.4 Å². The summed E-state index contributed by atoms with van der Waals surface area (Å²) in [5.41, 5.74) is 0.904. The average Bonchev–Trinajstić information content (AvgIpc) is 2.63. The van der Waals surface area contributed by atoms with E-state index in [-0.39, 0.29) is 18.4 Å². The number of nitrogens with zero attached hydrogens (tertiary/aromatic N) is 2. The van der Waals surface area contributed by atoms with E-state index in [9.17, 15) is 4.79 Å². The van der Waals surface area contributed by atoms with Gasteiger partial charge in [0, 0.05) is 28.1 Å². The third-order valence-corrected chi connectivity index (χ3v) is 4.83. The van der Waals surface area contributed by atoms with Gasteiger partial charge in [0.25, 0.3) is 0 Å². The zero-order valence-electron chi connectivity index (χ0n) is 15.2. The smallest absolute Gasteiger partial charge is 0.317 e. The van der Waals surface area contributed by atoms with Gasteiger partial charge in [-0.05, 0) is 60.1 Å². The van der Waals surface area contributed by atoms with E-state index in [0.29, 0.717) is 12.4 Å². The molecule has 8 heteroatoms. The monoisotopic (exact) mass is 453 g/mol.